The fourth-order valence-corrected chi connectivity index (χ4v) is 2.12. The van der Waals surface area contributed by atoms with Crippen LogP contribution in [0, 0.1) is 13.8 Å². The van der Waals surface area contributed by atoms with E-state index in [9.17, 15) is 4.79 Å². The van der Waals surface area contributed by atoms with Gasteiger partial charge in [0.25, 0.3) is 0 Å². The number of methoxy groups -OCH3 is 1. The van der Waals surface area contributed by atoms with Crippen LogP contribution in [-0.2, 0) is 16.1 Å². The maximum absolute atomic E-state index is 11.0. The molecule has 0 fully saturated rings. The zero-order chi connectivity index (χ0) is 14.2. The molecule has 1 aromatic carbocycles. The van der Waals surface area contributed by atoms with Crippen molar-refractivity contribution >= 4 is 17.0 Å². The Bertz CT molecular complexity index is 631. The minimum atomic E-state index is -0.887. The van der Waals surface area contributed by atoms with Gasteiger partial charge in [-0.1, -0.05) is 0 Å². The first-order chi connectivity index (χ1) is 8.93. The van der Waals surface area contributed by atoms with Gasteiger partial charge < -0.3 is 14.4 Å². The van der Waals surface area contributed by atoms with E-state index >= 15 is 0 Å². The highest BCUT2D eigenvalue weighted by molar-refractivity contribution is 5.80. The highest BCUT2D eigenvalue weighted by Crippen LogP contribution is 2.25. The summed E-state index contributed by atoms with van der Waals surface area (Å²) < 4.78 is 6.98. The van der Waals surface area contributed by atoms with Crippen LogP contribution in [-0.4, -0.2) is 27.7 Å². The molecule has 0 aliphatic heterocycles. The first-order valence-corrected chi connectivity index (χ1v) is 6.16. The summed E-state index contributed by atoms with van der Waals surface area (Å²) in [7, 11) is 1.59. The van der Waals surface area contributed by atoms with Crippen molar-refractivity contribution in [2.45, 2.75) is 33.4 Å². The molecule has 0 amide bonds. The lowest BCUT2D eigenvalue weighted by Crippen LogP contribution is -2.14. The molecular weight excluding hydrogens is 244 g/mol. The van der Waals surface area contributed by atoms with Crippen molar-refractivity contribution < 1.29 is 14.6 Å². The fraction of sp³-hybridized carbons (Fsp3) is 0.429. The van der Waals surface area contributed by atoms with Crippen LogP contribution in [0.15, 0.2) is 12.1 Å². The Balaban J connectivity index is 2.69. The number of carbonyl (C=O) groups is 1. The Morgan fingerprint density at radius 1 is 1.42 bits per heavy atom. The van der Waals surface area contributed by atoms with Crippen molar-refractivity contribution in [3.8, 4) is 0 Å². The number of rotatable bonds is 4. The molecule has 0 aliphatic carbocycles. The molecule has 0 spiro atoms. The third kappa shape index (κ3) is 2.46. The topological polar surface area (TPSA) is 64.4 Å². The third-order valence-corrected chi connectivity index (χ3v) is 3.40. The Hall–Kier alpha value is -1.88. The number of ether oxygens (including phenoxy) is 1. The first kappa shape index (κ1) is 13.5. The lowest BCUT2D eigenvalue weighted by Gasteiger charge is -2.11. The van der Waals surface area contributed by atoms with Gasteiger partial charge in [0.05, 0.1) is 11.0 Å². The van der Waals surface area contributed by atoms with Crippen molar-refractivity contribution in [1.29, 1.82) is 0 Å². The number of benzene rings is 1. The monoisotopic (exact) mass is 262 g/mol. The highest BCUT2D eigenvalue weighted by Gasteiger charge is 2.18. The molecule has 102 valence electrons. The van der Waals surface area contributed by atoms with Crippen LogP contribution in [0.1, 0.15) is 30.0 Å². The van der Waals surface area contributed by atoms with Crippen molar-refractivity contribution in [1.82, 2.24) is 9.55 Å². The van der Waals surface area contributed by atoms with Crippen LogP contribution in [0.4, 0.5) is 0 Å². The predicted octanol–water partition coefficient (Wildman–Crippen LogP) is 2.45. The lowest BCUT2D eigenvalue weighted by atomic mass is 10.1. The Kier molecular flexibility index (Phi) is 3.57. The van der Waals surface area contributed by atoms with E-state index in [4.69, 9.17) is 9.84 Å². The molecule has 1 aromatic heterocycles. The summed E-state index contributed by atoms with van der Waals surface area (Å²) in [5.74, 6) is -0.244. The van der Waals surface area contributed by atoms with E-state index in [0.29, 0.717) is 5.82 Å². The maximum Gasteiger partial charge on any atom is 0.323 e. The van der Waals surface area contributed by atoms with E-state index in [-0.39, 0.29) is 12.6 Å². The van der Waals surface area contributed by atoms with Crippen LogP contribution in [0.5, 0.6) is 0 Å². The van der Waals surface area contributed by atoms with Gasteiger partial charge in [-0.2, -0.15) is 0 Å². The van der Waals surface area contributed by atoms with E-state index in [1.165, 1.54) is 0 Å². The van der Waals surface area contributed by atoms with Gasteiger partial charge in [-0.05, 0) is 44.0 Å². The van der Waals surface area contributed by atoms with Gasteiger partial charge in [0.15, 0.2) is 0 Å². The van der Waals surface area contributed by atoms with Gasteiger partial charge in [0.2, 0.25) is 0 Å². The average molecular weight is 262 g/mol. The molecule has 0 bridgehead atoms. The molecule has 0 aliphatic rings. The minimum Gasteiger partial charge on any atom is -0.480 e. The standard InChI is InChI=1S/C14H18N2O3/c1-8-5-11-12(6-9(8)2)16(7-13(17)18)14(15-11)10(3)19-4/h5-6,10H,7H2,1-4H3,(H,17,18). The molecule has 1 heterocycles. The molecule has 1 unspecified atom stereocenters. The fourth-order valence-electron chi connectivity index (χ4n) is 2.12. The Morgan fingerprint density at radius 2 is 2.05 bits per heavy atom. The van der Waals surface area contributed by atoms with Crippen LogP contribution in [0.3, 0.4) is 0 Å². The van der Waals surface area contributed by atoms with E-state index in [0.717, 1.165) is 22.2 Å². The second kappa shape index (κ2) is 5.01. The molecule has 0 saturated heterocycles. The van der Waals surface area contributed by atoms with Crippen LogP contribution in [0.25, 0.3) is 11.0 Å². The zero-order valence-corrected chi connectivity index (χ0v) is 11.6. The van der Waals surface area contributed by atoms with Gasteiger partial charge in [-0.3, -0.25) is 4.79 Å². The summed E-state index contributed by atoms with van der Waals surface area (Å²) in [6.45, 7) is 5.78. The zero-order valence-electron chi connectivity index (χ0n) is 11.6. The molecule has 2 rings (SSSR count). The summed E-state index contributed by atoms with van der Waals surface area (Å²) in [4.78, 5) is 15.5. The quantitative estimate of drug-likeness (QED) is 0.919. The number of aryl methyl sites for hydroxylation is 2. The SMILES string of the molecule is COC(C)c1nc2cc(C)c(C)cc2n1CC(=O)O. The normalized spacial score (nSPS) is 12.8. The summed E-state index contributed by atoms with van der Waals surface area (Å²) in [6.07, 6.45) is -0.243. The molecule has 19 heavy (non-hydrogen) atoms. The van der Waals surface area contributed by atoms with Crippen molar-refractivity contribution in [3.63, 3.8) is 0 Å². The number of imidazole rings is 1. The van der Waals surface area contributed by atoms with Gasteiger partial charge in [0.1, 0.15) is 18.5 Å². The molecule has 1 atom stereocenters. The number of aromatic nitrogens is 2. The summed E-state index contributed by atoms with van der Waals surface area (Å²) in [6, 6.07) is 3.96. The molecule has 5 heteroatoms. The van der Waals surface area contributed by atoms with Gasteiger partial charge in [-0.25, -0.2) is 4.98 Å². The van der Waals surface area contributed by atoms with Gasteiger partial charge in [0, 0.05) is 7.11 Å². The van der Waals surface area contributed by atoms with Gasteiger partial charge >= 0.3 is 5.97 Å². The smallest absolute Gasteiger partial charge is 0.323 e. The summed E-state index contributed by atoms with van der Waals surface area (Å²) in [5.41, 5.74) is 3.91. The predicted molar refractivity (Wildman–Crippen MR) is 72.3 cm³/mol. The molecule has 0 saturated carbocycles. The Labute approximate surface area is 111 Å². The van der Waals surface area contributed by atoms with Crippen molar-refractivity contribution in [2.24, 2.45) is 0 Å². The van der Waals surface area contributed by atoms with Gasteiger partial charge in [-0.15, -0.1) is 0 Å². The highest BCUT2D eigenvalue weighted by atomic mass is 16.5. The molecular formula is C14H18N2O3. The third-order valence-electron chi connectivity index (χ3n) is 3.40. The van der Waals surface area contributed by atoms with E-state index in [2.05, 4.69) is 4.98 Å². The van der Waals surface area contributed by atoms with Crippen molar-refractivity contribution in [3.05, 3.63) is 29.1 Å². The summed E-state index contributed by atoms with van der Waals surface area (Å²) >= 11 is 0. The number of hydrogen-bond acceptors (Lipinski definition) is 3. The van der Waals surface area contributed by atoms with Crippen molar-refractivity contribution in [2.75, 3.05) is 7.11 Å². The Morgan fingerprint density at radius 3 is 2.63 bits per heavy atom. The molecule has 2 aromatic rings. The number of fused-ring (bicyclic) bond motifs is 1. The van der Waals surface area contributed by atoms with Crippen LogP contribution >= 0.6 is 0 Å². The molecule has 5 nitrogen and oxygen atoms in total. The second-order valence-corrected chi connectivity index (χ2v) is 4.75. The number of carboxylic acids is 1. The number of nitrogens with zero attached hydrogens (tertiary/aromatic N) is 2. The first-order valence-electron chi connectivity index (χ1n) is 6.16. The number of carboxylic acid groups (broad SMARTS) is 1. The minimum absolute atomic E-state index is 0.109. The lowest BCUT2D eigenvalue weighted by molar-refractivity contribution is -0.137. The van der Waals surface area contributed by atoms with E-state index < -0.39 is 5.97 Å². The number of aliphatic carboxylic acids is 1. The van der Waals surface area contributed by atoms with E-state index in [1.54, 1.807) is 11.7 Å². The van der Waals surface area contributed by atoms with Crippen LogP contribution < -0.4 is 0 Å². The second-order valence-electron chi connectivity index (χ2n) is 4.75. The largest absolute Gasteiger partial charge is 0.480 e. The molecule has 1 N–H and O–H groups in total. The molecule has 0 radical (unpaired) electrons. The van der Waals surface area contributed by atoms with E-state index in [1.807, 2.05) is 32.9 Å². The number of hydrogen-bond donors (Lipinski definition) is 1. The summed E-state index contributed by atoms with van der Waals surface area (Å²) in [5, 5.41) is 9.06. The average Bonchev–Trinajstić information content (AvgIpc) is 2.67. The maximum atomic E-state index is 11.0. The van der Waals surface area contributed by atoms with Crippen LogP contribution in [0.2, 0.25) is 0 Å².